The summed E-state index contributed by atoms with van der Waals surface area (Å²) in [7, 11) is 1.62. The van der Waals surface area contributed by atoms with E-state index in [1.165, 1.54) is 6.20 Å². The number of methoxy groups -OCH3 is 1. The second-order valence-electron chi connectivity index (χ2n) is 6.27. The van der Waals surface area contributed by atoms with Crippen molar-refractivity contribution in [1.29, 1.82) is 0 Å². The predicted molar refractivity (Wildman–Crippen MR) is 112 cm³/mol. The Labute approximate surface area is 174 Å². The average Bonchev–Trinajstić information content (AvgIpc) is 2.74. The summed E-state index contributed by atoms with van der Waals surface area (Å²) < 4.78 is 16.7. The highest BCUT2D eigenvalue weighted by Gasteiger charge is 2.14. The van der Waals surface area contributed by atoms with Gasteiger partial charge in [-0.15, -0.1) is 0 Å². The molecule has 0 saturated heterocycles. The van der Waals surface area contributed by atoms with E-state index in [1.54, 1.807) is 26.3 Å². The molecule has 156 valence electrons. The second-order valence-corrected chi connectivity index (χ2v) is 6.27. The van der Waals surface area contributed by atoms with Crippen LogP contribution in [0.15, 0.2) is 42.7 Å². The number of hydrogen-bond donors (Lipinski definition) is 2. The van der Waals surface area contributed by atoms with Crippen LogP contribution in [0.4, 0.5) is 10.5 Å². The lowest BCUT2D eigenvalue weighted by Gasteiger charge is -2.13. The number of carbonyl (C=O) groups excluding carboxylic acids is 1. The fourth-order valence-electron chi connectivity index (χ4n) is 2.67. The molecule has 0 atom stereocenters. The Balaban J connectivity index is 1.80. The van der Waals surface area contributed by atoms with E-state index in [2.05, 4.69) is 20.3 Å². The van der Waals surface area contributed by atoms with Gasteiger partial charge < -0.3 is 25.3 Å². The van der Waals surface area contributed by atoms with Crippen LogP contribution < -0.4 is 25.3 Å². The fraction of sp³-hybridized carbons (Fsp3) is 0.238. The number of anilines is 1. The Bertz CT molecular complexity index is 1020. The van der Waals surface area contributed by atoms with Crippen LogP contribution >= 0.6 is 0 Å². The number of nitrogens with two attached hydrogens (primary N) is 1. The van der Waals surface area contributed by atoms with Crippen LogP contribution in [0, 0.1) is 6.92 Å². The minimum absolute atomic E-state index is 0.352. The summed E-state index contributed by atoms with van der Waals surface area (Å²) in [6.07, 6.45) is 3.09. The first-order valence-corrected chi connectivity index (χ1v) is 9.29. The highest BCUT2D eigenvalue weighted by molar-refractivity contribution is 5.88. The van der Waals surface area contributed by atoms with Crippen LogP contribution in [0.2, 0.25) is 0 Å². The summed E-state index contributed by atoms with van der Waals surface area (Å²) >= 11 is 0. The maximum absolute atomic E-state index is 11.1. The van der Waals surface area contributed by atoms with Crippen molar-refractivity contribution in [1.82, 2.24) is 15.0 Å². The van der Waals surface area contributed by atoms with Gasteiger partial charge in [-0.1, -0.05) is 12.1 Å². The lowest BCUT2D eigenvalue weighted by molar-refractivity contribution is 0.259. The SMILES string of the molecule is CCOc1cc(OCc2ccc(OC)cc2)ncc1-c1ncc(NC(N)=O)c(C)n1. The van der Waals surface area contributed by atoms with Gasteiger partial charge in [0.1, 0.15) is 18.1 Å². The quantitative estimate of drug-likeness (QED) is 0.585. The molecule has 3 rings (SSSR count). The number of nitrogens with one attached hydrogen (secondary N) is 1. The summed E-state index contributed by atoms with van der Waals surface area (Å²) in [4.78, 5) is 24.1. The minimum atomic E-state index is -0.676. The molecule has 0 spiro atoms. The number of hydrogen-bond acceptors (Lipinski definition) is 7. The number of aryl methyl sites for hydroxylation is 1. The van der Waals surface area contributed by atoms with E-state index in [1.807, 2.05) is 31.2 Å². The molecule has 1 aromatic carbocycles. The molecule has 3 aromatic rings. The molecule has 2 heterocycles. The number of ether oxygens (including phenoxy) is 3. The predicted octanol–water partition coefficient (Wildman–Crippen LogP) is 3.32. The lowest BCUT2D eigenvalue weighted by Crippen LogP contribution is -2.20. The van der Waals surface area contributed by atoms with Crippen molar-refractivity contribution in [3.63, 3.8) is 0 Å². The Morgan fingerprint density at radius 3 is 2.53 bits per heavy atom. The highest BCUT2D eigenvalue weighted by atomic mass is 16.5. The summed E-state index contributed by atoms with van der Waals surface area (Å²) in [5.74, 6) is 2.17. The molecular weight excluding hydrogens is 386 g/mol. The molecule has 0 unspecified atom stereocenters. The maximum Gasteiger partial charge on any atom is 0.316 e. The molecule has 0 fully saturated rings. The van der Waals surface area contributed by atoms with E-state index in [9.17, 15) is 4.79 Å². The van der Waals surface area contributed by atoms with Gasteiger partial charge in [0.05, 0.1) is 36.9 Å². The van der Waals surface area contributed by atoms with Crippen molar-refractivity contribution in [3.05, 3.63) is 54.0 Å². The molecule has 0 saturated carbocycles. The van der Waals surface area contributed by atoms with E-state index in [4.69, 9.17) is 19.9 Å². The standard InChI is InChI=1S/C21H23N5O4/c1-4-29-18-9-19(30-12-14-5-7-15(28-3)8-6-14)23-10-16(18)20-24-11-17(13(2)25-20)26-21(22)27/h5-11H,4,12H2,1-3H3,(H3,22,26,27). The lowest BCUT2D eigenvalue weighted by atomic mass is 10.2. The van der Waals surface area contributed by atoms with Gasteiger partial charge in [-0.25, -0.2) is 19.7 Å². The van der Waals surface area contributed by atoms with Crippen molar-refractivity contribution < 1.29 is 19.0 Å². The first-order valence-electron chi connectivity index (χ1n) is 9.29. The van der Waals surface area contributed by atoms with Crippen molar-refractivity contribution in [2.24, 2.45) is 5.73 Å². The van der Waals surface area contributed by atoms with Crippen LogP contribution in [-0.4, -0.2) is 34.7 Å². The molecule has 3 N–H and O–H groups in total. The molecule has 2 aromatic heterocycles. The molecule has 9 heteroatoms. The number of carbonyl (C=O) groups is 1. The zero-order chi connectivity index (χ0) is 21.5. The first-order chi connectivity index (χ1) is 14.5. The number of benzene rings is 1. The van der Waals surface area contributed by atoms with Crippen molar-refractivity contribution in [2.45, 2.75) is 20.5 Å². The fourth-order valence-corrected chi connectivity index (χ4v) is 2.67. The van der Waals surface area contributed by atoms with Gasteiger partial charge in [-0.05, 0) is 31.5 Å². The third-order valence-corrected chi connectivity index (χ3v) is 4.16. The molecule has 0 aliphatic rings. The number of aromatic nitrogens is 3. The number of primary amides is 1. The van der Waals surface area contributed by atoms with Crippen LogP contribution in [0.3, 0.4) is 0 Å². The molecule has 0 bridgehead atoms. The molecule has 30 heavy (non-hydrogen) atoms. The second kappa shape index (κ2) is 9.55. The normalized spacial score (nSPS) is 10.4. The van der Waals surface area contributed by atoms with Crippen LogP contribution in [0.25, 0.3) is 11.4 Å². The van der Waals surface area contributed by atoms with Gasteiger partial charge in [0.25, 0.3) is 0 Å². The molecular formula is C21H23N5O4. The van der Waals surface area contributed by atoms with E-state index >= 15 is 0 Å². The zero-order valence-corrected chi connectivity index (χ0v) is 17.0. The largest absolute Gasteiger partial charge is 0.497 e. The number of pyridine rings is 1. The number of amides is 2. The van der Waals surface area contributed by atoms with Crippen LogP contribution in [0.1, 0.15) is 18.2 Å². The van der Waals surface area contributed by atoms with Gasteiger partial charge in [-0.3, -0.25) is 0 Å². The van der Waals surface area contributed by atoms with E-state index in [0.29, 0.717) is 47.6 Å². The Morgan fingerprint density at radius 2 is 1.90 bits per heavy atom. The van der Waals surface area contributed by atoms with Gasteiger partial charge in [0, 0.05) is 12.3 Å². The first kappa shape index (κ1) is 20.8. The molecule has 0 radical (unpaired) electrons. The van der Waals surface area contributed by atoms with Gasteiger partial charge in [0.2, 0.25) is 5.88 Å². The van der Waals surface area contributed by atoms with Gasteiger partial charge >= 0.3 is 6.03 Å². The van der Waals surface area contributed by atoms with Crippen molar-refractivity contribution in [2.75, 3.05) is 19.0 Å². The average molecular weight is 409 g/mol. The van der Waals surface area contributed by atoms with Crippen LogP contribution in [0.5, 0.6) is 17.4 Å². The molecule has 2 amide bonds. The minimum Gasteiger partial charge on any atom is -0.497 e. The van der Waals surface area contributed by atoms with Crippen LogP contribution in [-0.2, 0) is 6.61 Å². The third-order valence-electron chi connectivity index (χ3n) is 4.16. The monoisotopic (exact) mass is 409 g/mol. The summed E-state index contributed by atoms with van der Waals surface area (Å²) in [5.41, 5.74) is 7.76. The number of rotatable bonds is 8. The van der Waals surface area contributed by atoms with E-state index < -0.39 is 6.03 Å². The summed E-state index contributed by atoms with van der Waals surface area (Å²) in [5, 5.41) is 2.48. The van der Waals surface area contributed by atoms with Gasteiger partial charge in [0.15, 0.2) is 5.82 Å². The third kappa shape index (κ3) is 5.13. The molecule has 0 aliphatic heterocycles. The molecule has 9 nitrogen and oxygen atoms in total. The van der Waals surface area contributed by atoms with Gasteiger partial charge in [-0.2, -0.15) is 0 Å². The van der Waals surface area contributed by atoms with E-state index in [0.717, 1.165) is 11.3 Å². The Morgan fingerprint density at radius 1 is 1.13 bits per heavy atom. The number of urea groups is 1. The smallest absolute Gasteiger partial charge is 0.316 e. The zero-order valence-electron chi connectivity index (χ0n) is 17.0. The Hall–Kier alpha value is -3.88. The molecule has 0 aliphatic carbocycles. The Kier molecular flexibility index (Phi) is 6.63. The maximum atomic E-state index is 11.1. The number of nitrogens with zero attached hydrogens (tertiary/aromatic N) is 3. The van der Waals surface area contributed by atoms with Crippen molar-refractivity contribution in [3.8, 4) is 28.8 Å². The summed E-state index contributed by atoms with van der Waals surface area (Å²) in [6, 6.07) is 8.62. The topological polar surface area (TPSA) is 121 Å². The highest BCUT2D eigenvalue weighted by Crippen LogP contribution is 2.31. The van der Waals surface area contributed by atoms with Crippen molar-refractivity contribution >= 4 is 11.7 Å². The summed E-state index contributed by atoms with van der Waals surface area (Å²) in [6.45, 7) is 4.44. The van der Waals surface area contributed by atoms with E-state index in [-0.39, 0.29) is 0 Å².